The fourth-order valence-corrected chi connectivity index (χ4v) is 4.55. The Balaban J connectivity index is 1.85. The van der Waals surface area contributed by atoms with Crippen LogP contribution in [0.3, 0.4) is 0 Å². The molecule has 1 saturated heterocycles. The summed E-state index contributed by atoms with van der Waals surface area (Å²) in [5.74, 6) is 0.835. The lowest BCUT2D eigenvalue weighted by Crippen LogP contribution is -2.58. The highest BCUT2D eigenvalue weighted by atomic mass is 16.2. The van der Waals surface area contributed by atoms with E-state index in [0.717, 1.165) is 32.1 Å². The Morgan fingerprint density at radius 3 is 2.52 bits per heavy atom. The predicted octanol–water partition coefficient (Wildman–Crippen LogP) is 2.62. The number of hydrogen-bond acceptors (Lipinski definition) is 2. The molecule has 3 rings (SSSR count). The highest BCUT2D eigenvalue weighted by molar-refractivity contribution is 5.94. The van der Waals surface area contributed by atoms with Crippen LogP contribution in [-0.2, 0) is 9.59 Å². The summed E-state index contributed by atoms with van der Waals surface area (Å²) in [4.78, 5) is 27.3. The maximum Gasteiger partial charge on any atom is 0.248 e. The first-order valence-electron chi connectivity index (χ1n) is 8.74. The average molecular weight is 292 g/mol. The average Bonchev–Trinajstić information content (AvgIpc) is 2.78. The van der Waals surface area contributed by atoms with E-state index < -0.39 is 5.54 Å². The Morgan fingerprint density at radius 1 is 1.05 bits per heavy atom. The predicted molar refractivity (Wildman–Crippen MR) is 81.7 cm³/mol. The molecule has 3 fully saturated rings. The van der Waals surface area contributed by atoms with Crippen molar-refractivity contribution >= 4 is 11.8 Å². The van der Waals surface area contributed by atoms with Crippen LogP contribution in [0.25, 0.3) is 0 Å². The van der Waals surface area contributed by atoms with E-state index in [-0.39, 0.29) is 11.8 Å². The highest BCUT2D eigenvalue weighted by Crippen LogP contribution is 2.36. The second-order valence-electron chi connectivity index (χ2n) is 7.27. The van der Waals surface area contributed by atoms with E-state index in [9.17, 15) is 9.59 Å². The highest BCUT2D eigenvalue weighted by Gasteiger charge is 2.48. The Morgan fingerprint density at radius 2 is 1.76 bits per heavy atom. The second kappa shape index (κ2) is 5.98. The molecular weight excluding hydrogens is 264 g/mol. The molecule has 0 bridgehead atoms. The summed E-state index contributed by atoms with van der Waals surface area (Å²) in [6.45, 7) is 2.89. The SMILES string of the molecule is CC1CCCCCC1N1CCC(=O)NC2(CCCC2)C1=O. The molecule has 0 aromatic carbocycles. The van der Waals surface area contributed by atoms with Gasteiger partial charge in [0.15, 0.2) is 0 Å². The van der Waals surface area contributed by atoms with Crippen LogP contribution < -0.4 is 5.32 Å². The molecule has 4 nitrogen and oxygen atoms in total. The van der Waals surface area contributed by atoms with Crippen molar-refractivity contribution in [3.05, 3.63) is 0 Å². The lowest BCUT2D eigenvalue weighted by molar-refractivity contribution is -0.141. The summed E-state index contributed by atoms with van der Waals surface area (Å²) in [5.41, 5.74) is -0.570. The maximum absolute atomic E-state index is 13.2. The molecule has 1 heterocycles. The second-order valence-corrected chi connectivity index (χ2v) is 7.27. The summed E-state index contributed by atoms with van der Waals surface area (Å²) < 4.78 is 0. The van der Waals surface area contributed by atoms with Crippen LogP contribution >= 0.6 is 0 Å². The van der Waals surface area contributed by atoms with Crippen molar-refractivity contribution in [1.29, 1.82) is 0 Å². The topological polar surface area (TPSA) is 49.4 Å². The Kier molecular flexibility index (Phi) is 4.23. The lowest BCUT2D eigenvalue weighted by Gasteiger charge is -2.38. The summed E-state index contributed by atoms with van der Waals surface area (Å²) >= 11 is 0. The van der Waals surface area contributed by atoms with Crippen molar-refractivity contribution in [3.63, 3.8) is 0 Å². The van der Waals surface area contributed by atoms with E-state index in [4.69, 9.17) is 0 Å². The van der Waals surface area contributed by atoms with Crippen molar-refractivity contribution < 1.29 is 9.59 Å². The minimum atomic E-state index is -0.570. The molecular formula is C17H28N2O2. The molecule has 0 radical (unpaired) electrons. The van der Waals surface area contributed by atoms with Crippen LogP contribution in [0.1, 0.15) is 71.1 Å². The summed E-state index contributed by atoms with van der Waals surface area (Å²) in [7, 11) is 0. The van der Waals surface area contributed by atoms with Crippen LogP contribution in [0.4, 0.5) is 0 Å². The zero-order valence-electron chi connectivity index (χ0n) is 13.2. The van der Waals surface area contributed by atoms with Gasteiger partial charge in [0.05, 0.1) is 0 Å². The lowest BCUT2D eigenvalue weighted by atomic mass is 9.91. The molecule has 2 saturated carbocycles. The van der Waals surface area contributed by atoms with Gasteiger partial charge in [0.2, 0.25) is 11.8 Å². The van der Waals surface area contributed by atoms with Crippen molar-refractivity contribution in [2.75, 3.05) is 6.54 Å². The van der Waals surface area contributed by atoms with E-state index >= 15 is 0 Å². The maximum atomic E-state index is 13.2. The van der Waals surface area contributed by atoms with Gasteiger partial charge in [0.25, 0.3) is 0 Å². The van der Waals surface area contributed by atoms with Gasteiger partial charge in [-0.2, -0.15) is 0 Å². The third-order valence-electron chi connectivity index (χ3n) is 5.80. The fraction of sp³-hybridized carbons (Fsp3) is 0.882. The van der Waals surface area contributed by atoms with Crippen LogP contribution in [0.2, 0.25) is 0 Å². The minimum absolute atomic E-state index is 0.0639. The monoisotopic (exact) mass is 292 g/mol. The molecule has 2 atom stereocenters. The molecule has 118 valence electrons. The van der Waals surface area contributed by atoms with Crippen LogP contribution in [0.15, 0.2) is 0 Å². The number of nitrogens with one attached hydrogen (secondary N) is 1. The molecule has 1 N–H and O–H groups in total. The molecule has 2 amide bonds. The van der Waals surface area contributed by atoms with Crippen LogP contribution in [0.5, 0.6) is 0 Å². The van der Waals surface area contributed by atoms with Crippen molar-refractivity contribution in [2.45, 2.75) is 82.7 Å². The molecule has 1 aliphatic heterocycles. The minimum Gasteiger partial charge on any atom is -0.342 e. The van der Waals surface area contributed by atoms with E-state index in [2.05, 4.69) is 17.1 Å². The number of carbonyl (C=O) groups excluding carboxylic acids is 2. The molecule has 0 aromatic rings. The molecule has 2 aliphatic carbocycles. The Labute approximate surface area is 127 Å². The van der Waals surface area contributed by atoms with Crippen LogP contribution in [0, 0.1) is 5.92 Å². The van der Waals surface area contributed by atoms with Crippen molar-refractivity contribution in [1.82, 2.24) is 10.2 Å². The van der Waals surface area contributed by atoms with Crippen molar-refractivity contribution in [2.24, 2.45) is 5.92 Å². The number of amides is 2. The quantitative estimate of drug-likeness (QED) is 0.755. The molecule has 1 spiro atoms. The van der Waals surface area contributed by atoms with E-state index in [1.807, 2.05) is 0 Å². The first-order chi connectivity index (χ1) is 10.1. The van der Waals surface area contributed by atoms with E-state index in [0.29, 0.717) is 24.9 Å². The van der Waals surface area contributed by atoms with E-state index in [1.54, 1.807) is 0 Å². The first kappa shape index (κ1) is 14.9. The van der Waals surface area contributed by atoms with Gasteiger partial charge in [-0.05, 0) is 31.6 Å². The molecule has 4 heteroatoms. The standard InChI is InChI=1S/C17H28N2O2/c1-13-7-3-2-4-8-14(13)19-12-9-15(20)18-17(16(19)21)10-5-6-11-17/h13-14H,2-12H2,1H3,(H,18,20). The molecule has 3 aliphatic rings. The summed E-state index contributed by atoms with van der Waals surface area (Å²) in [6.07, 6.45) is 10.3. The van der Waals surface area contributed by atoms with Gasteiger partial charge in [-0.25, -0.2) is 0 Å². The summed E-state index contributed by atoms with van der Waals surface area (Å²) in [5, 5.41) is 3.07. The smallest absolute Gasteiger partial charge is 0.248 e. The van der Waals surface area contributed by atoms with Gasteiger partial charge >= 0.3 is 0 Å². The Bertz CT molecular complexity index is 415. The van der Waals surface area contributed by atoms with Gasteiger partial charge in [0, 0.05) is 19.0 Å². The fourth-order valence-electron chi connectivity index (χ4n) is 4.55. The third kappa shape index (κ3) is 2.82. The zero-order chi connectivity index (χ0) is 14.9. The summed E-state index contributed by atoms with van der Waals surface area (Å²) in [6, 6.07) is 0.338. The molecule has 0 aromatic heterocycles. The number of rotatable bonds is 1. The van der Waals surface area contributed by atoms with Gasteiger partial charge in [-0.15, -0.1) is 0 Å². The van der Waals surface area contributed by atoms with Gasteiger partial charge in [-0.1, -0.05) is 39.0 Å². The largest absolute Gasteiger partial charge is 0.342 e. The Hall–Kier alpha value is -1.06. The van der Waals surface area contributed by atoms with Crippen LogP contribution in [-0.4, -0.2) is 34.8 Å². The number of nitrogens with zero attached hydrogens (tertiary/aromatic N) is 1. The van der Waals surface area contributed by atoms with Gasteiger partial charge in [0.1, 0.15) is 5.54 Å². The van der Waals surface area contributed by atoms with E-state index in [1.165, 1.54) is 25.7 Å². The zero-order valence-corrected chi connectivity index (χ0v) is 13.2. The number of hydrogen-bond donors (Lipinski definition) is 1. The number of carbonyl (C=O) groups is 2. The van der Waals surface area contributed by atoms with Gasteiger partial charge < -0.3 is 10.2 Å². The normalized spacial score (nSPS) is 33.7. The third-order valence-corrected chi connectivity index (χ3v) is 5.80. The molecule has 2 unspecified atom stereocenters. The van der Waals surface area contributed by atoms with Crippen molar-refractivity contribution in [3.8, 4) is 0 Å². The first-order valence-corrected chi connectivity index (χ1v) is 8.74. The molecule has 21 heavy (non-hydrogen) atoms. The van der Waals surface area contributed by atoms with Gasteiger partial charge in [-0.3, -0.25) is 9.59 Å².